The molecule has 118 valence electrons. The average molecular weight is 356 g/mol. The summed E-state index contributed by atoms with van der Waals surface area (Å²) < 4.78 is 6.74. The number of nitrogens with zero attached hydrogens (tertiary/aromatic N) is 2. The van der Waals surface area contributed by atoms with Crippen molar-refractivity contribution in [3.8, 4) is 0 Å². The fourth-order valence-corrected chi connectivity index (χ4v) is 2.57. The molecular formula is C16H26BrN3O. The van der Waals surface area contributed by atoms with Gasteiger partial charge in [0.15, 0.2) is 0 Å². The van der Waals surface area contributed by atoms with E-state index in [1.165, 1.54) is 18.4 Å². The number of rotatable bonds is 10. The number of nitrogens with one attached hydrogen (secondary N) is 1. The minimum absolute atomic E-state index is 0.770. The van der Waals surface area contributed by atoms with E-state index in [9.17, 15) is 0 Å². The molecule has 0 aromatic carbocycles. The molecule has 1 aromatic rings. The topological polar surface area (TPSA) is 37.4 Å². The third-order valence-electron chi connectivity index (χ3n) is 3.63. The lowest BCUT2D eigenvalue weighted by molar-refractivity contribution is 0.130. The van der Waals surface area contributed by atoms with Crippen molar-refractivity contribution in [2.45, 2.75) is 32.7 Å². The van der Waals surface area contributed by atoms with Crippen LogP contribution in [0.2, 0.25) is 0 Å². The van der Waals surface area contributed by atoms with Crippen molar-refractivity contribution in [1.29, 1.82) is 0 Å². The quantitative estimate of drug-likeness (QED) is 0.654. The molecular weight excluding hydrogens is 330 g/mol. The molecule has 0 unspecified atom stereocenters. The first-order chi connectivity index (χ1) is 10.2. The lowest BCUT2D eigenvalue weighted by Gasteiger charge is -2.21. The van der Waals surface area contributed by atoms with Crippen molar-refractivity contribution in [3.05, 3.63) is 22.3 Å². The molecule has 4 nitrogen and oxygen atoms in total. The second kappa shape index (κ2) is 8.71. The van der Waals surface area contributed by atoms with Gasteiger partial charge in [0, 0.05) is 43.0 Å². The zero-order valence-corrected chi connectivity index (χ0v) is 14.7. The number of ether oxygens (including phenoxy) is 1. The van der Waals surface area contributed by atoms with Gasteiger partial charge in [-0.05, 0) is 53.7 Å². The summed E-state index contributed by atoms with van der Waals surface area (Å²) >= 11 is 3.51. The van der Waals surface area contributed by atoms with Crippen LogP contribution >= 0.6 is 15.9 Å². The Morgan fingerprint density at radius 2 is 2.29 bits per heavy atom. The van der Waals surface area contributed by atoms with E-state index in [4.69, 9.17) is 4.74 Å². The van der Waals surface area contributed by atoms with Crippen LogP contribution in [0.5, 0.6) is 0 Å². The van der Waals surface area contributed by atoms with Gasteiger partial charge in [0.2, 0.25) is 0 Å². The van der Waals surface area contributed by atoms with Crippen molar-refractivity contribution in [2.24, 2.45) is 5.92 Å². The molecule has 0 aliphatic heterocycles. The van der Waals surface area contributed by atoms with Crippen LogP contribution < -0.4 is 10.2 Å². The Bertz CT molecular complexity index is 438. The van der Waals surface area contributed by atoms with Crippen molar-refractivity contribution in [3.63, 3.8) is 0 Å². The van der Waals surface area contributed by atoms with Crippen molar-refractivity contribution < 1.29 is 4.74 Å². The second-order valence-electron chi connectivity index (χ2n) is 5.75. The normalized spacial score (nSPS) is 14.4. The summed E-state index contributed by atoms with van der Waals surface area (Å²) in [5, 5.41) is 3.45. The molecule has 0 radical (unpaired) electrons. The van der Waals surface area contributed by atoms with Crippen LogP contribution in [0.15, 0.2) is 16.7 Å². The highest BCUT2D eigenvalue weighted by molar-refractivity contribution is 9.10. The summed E-state index contributed by atoms with van der Waals surface area (Å²) in [6.45, 7) is 6.63. The summed E-state index contributed by atoms with van der Waals surface area (Å²) in [7, 11) is 2.08. The first-order valence-corrected chi connectivity index (χ1v) is 8.64. The lowest BCUT2D eigenvalue weighted by Crippen LogP contribution is -2.26. The predicted molar refractivity (Wildman–Crippen MR) is 90.7 cm³/mol. The van der Waals surface area contributed by atoms with Crippen LogP contribution in [0.3, 0.4) is 0 Å². The SMILES string of the molecule is CCCNCc1cc(Br)cnc1N(C)CCOCC1CC1. The van der Waals surface area contributed by atoms with Crippen LogP contribution in [0.25, 0.3) is 0 Å². The molecule has 1 aliphatic rings. The Hall–Kier alpha value is -0.650. The molecule has 0 saturated heterocycles. The summed E-state index contributed by atoms with van der Waals surface area (Å²) in [5.41, 5.74) is 1.22. The maximum Gasteiger partial charge on any atom is 0.132 e. The Morgan fingerprint density at radius 3 is 3.00 bits per heavy atom. The van der Waals surface area contributed by atoms with Gasteiger partial charge in [-0.15, -0.1) is 0 Å². The monoisotopic (exact) mass is 355 g/mol. The van der Waals surface area contributed by atoms with Crippen molar-refractivity contribution in [2.75, 3.05) is 38.3 Å². The summed E-state index contributed by atoms with van der Waals surface area (Å²) in [5.74, 6) is 1.87. The fourth-order valence-electron chi connectivity index (χ4n) is 2.19. The maximum atomic E-state index is 5.72. The molecule has 1 aliphatic carbocycles. The lowest BCUT2D eigenvalue weighted by atomic mass is 10.2. The number of likely N-dealkylation sites (N-methyl/N-ethyl adjacent to an activating group) is 1. The van der Waals surface area contributed by atoms with Crippen molar-refractivity contribution >= 4 is 21.7 Å². The molecule has 5 heteroatoms. The molecule has 1 fully saturated rings. The maximum absolute atomic E-state index is 5.72. The number of anilines is 1. The fraction of sp³-hybridized carbons (Fsp3) is 0.688. The van der Waals surface area contributed by atoms with Crippen LogP contribution in [-0.2, 0) is 11.3 Å². The van der Waals surface area contributed by atoms with E-state index in [0.29, 0.717) is 0 Å². The van der Waals surface area contributed by atoms with Crippen LogP contribution in [0.1, 0.15) is 31.7 Å². The highest BCUT2D eigenvalue weighted by atomic mass is 79.9. The first kappa shape index (κ1) is 16.7. The van der Waals surface area contributed by atoms with Gasteiger partial charge in [0.1, 0.15) is 5.82 Å². The summed E-state index contributed by atoms with van der Waals surface area (Å²) in [4.78, 5) is 6.75. The third kappa shape index (κ3) is 5.93. The Labute approximate surface area is 136 Å². The number of halogens is 1. The highest BCUT2D eigenvalue weighted by Gasteiger charge is 2.21. The number of hydrogen-bond acceptors (Lipinski definition) is 4. The summed E-state index contributed by atoms with van der Waals surface area (Å²) in [6, 6.07) is 2.15. The van der Waals surface area contributed by atoms with Gasteiger partial charge in [-0.1, -0.05) is 6.92 Å². The van der Waals surface area contributed by atoms with Crippen LogP contribution in [-0.4, -0.2) is 38.3 Å². The minimum atomic E-state index is 0.770. The van der Waals surface area contributed by atoms with Gasteiger partial charge in [0.05, 0.1) is 6.61 Å². The van der Waals surface area contributed by atoms with Crippen LogP contribution in [0.4, 0.5) is 5.82 Å². The zero-order valence-electron chi connectivity index (χ0n) is 13.1. The molecule has 0 bridgehead atoms. The van der Waals surface area contributed by atoms with Crippen LogP contribution in [0, 0.1) is 5.92 Å². The van der Waals surface area contributed by atoms with E-state index >= 15 is 0 Å². The van der Waals surface area contributed by atoms with E-state index in [1.807, 2.05) is 6.20 Å². The van der Waals surface area contributed by atoms with E-state index in [0.717, 1.165) is 55.5 Å². The molecule has 21 heavy (non-hydrogen) atoms. The smallest absolute Gasteiger partial charge is 0.132 e. The molecule has 0 spiro atoms. The predicted octanol–water partition coefficient (Wildman–Crippen LogP) is 3.21. The van der Waals surface area contributed by atoms with E-state index in [-0.39, 0.29) is 0 Å². The van der Waals surface area contributed by atoms with E-state index < -0.39 is 0 Å². The molecule has 1 N–H and O–H groups in total. The molecule has 1 aromatic heterocycles. The average Bonchev–Trinajstić information content (AvgIpc) is 3.28. The summed E-state index contributed by atoms with van der Waals surface area (Å²) in [6.07, 6.45) is 5.69. The third-order valence-corrected chi connectivity index (χ3v) is 4.07. The number of pyridine rings is 1. The Kier molecular flexibility index (Phi) is 6.93. The van der Waals surface area contributed by atoms with Gasteiger partial charge >= 0.3 is 0 Å². The molecule has 1 heterocycles. The molecule has 0 amide bonds. The van der Waals surface area contributed by atoms with Gasteiger partial charge in [0.25, 0.3) is 0 Å². The molecule has 2 rings (SSSR count). The number of aromatic nitrogens is 1. The molecule has 0 atom stereocenters. The number of hydrogen-bond donors (Lipinski definition) is 1. The zero-order chi connectivity index (χ0) is 15.1. The first-order valence-electron chi connectivity index (χ1n) is 7.84. The van der Waals surface area contributed by atoms with Gasteiger partial charge in [-0.3, -0.25) is 0 Å². The minimum Gasteiger partial charge on any atom is -0.379 e. The standard InChI is InChI=1S/C16H26BrN3O/c1-3-6-18-10-14-9-15(17)11-19-16(14)20(2)7-8-21-12-13-4-5-13/h9,11,13,18H,3-8,10,12H2,1-2H3. The highest BCUT2D eigenvalue weighted by Crippen LogP contribution is 2.28. The van der Waals surface area contributed by atoms with Crippen molar-refractivity contribution in [1.82, 2.24) is 10.3 Å². The Balaban J connectivity index is 1.85. The molecule has 1 saturated carbocycles. The Morgan fingerprint density at radius 1 is 1.48 bits per heavy atom. The van der Waals surface area contributed by atoms with Gasteiger partial charge in [-0.25, -0.2) is 4.98 Å². The van der Waals surface area contributed by atoms with Gasteiger partial charge < -0.3 is 15.0 Å². The van der Waals surface area contributed by atoms with E-state index in [2.05, 4.69) is 51.2 Å². The van der Waals surface area contributed by atoms with E-state index in [1.54, 1.807) is 0 Å². The second-order valence-corrected chi connectivity index (χ2v) is 6.67. The largest absolute Gasteiger partial charge is 0.379 e. The van der Waals surface area contributed by atoms with Gasteiger partial charge in [-0.2, -0.15) is 0 Å².